The van der Waals surface area contributed by atoms with Crippen LogP contribution >= 0.6 is 11.3 Å². The molecule has 0 spiro atoms. The Kier molecular flexibility index (Phi) is 4.89. The monoisotopic (exact) mass is 292 g/mol. The standard InChI is InChI=1S/C16H21FN2S/c1-5-13-14(9-18-10(2)3)20-16(19-13)12-8-6-7-11(4)15(12)17/h6-8,10,18H,5,9H2,1-4H3. The van der Waals surface area contributed by atoms with Gasteiger partial charge in [-0.05, 0) is 25.0 Å². The fraction of sp³-hybridized carbons (Fsp3) is 0.438. The molecule has 2 nitrogen and oxygen atoms in total. The Hall–Kier alpha value is -1.26. The third kappa shape index (κ3) is 3.25. The number of aryl methyl sites for hydroxylation is 2. The minimum absolute atomic E-state index is 0.160. The zero-order valence-corrected chi connectivity index (χ0v) is 13.3. The van der Waals surface area contributed by atoms with Crippen molar-refractivity contribution in [1.29, 1.82) is 0 Å². The molecule has 20 heavy (non-hydrogen) atoms. The average molecular weight is 292 g/mol. The summed E-state index contributed by atoms with van der Waals surface area (Å²) in [6.45, 7) is 8.91. The van der Waals surface area contributed by atoms with E-state index in [1.807, 2.05) is 6.07 Å². The summed E-state index contributed by atoms with van der Waals surface area (Å²) >= 11 is 1.59. The first-order chi connectivity index (χ1) is 9.52. The van der Waals surface area contributed by atoms with Crippen LogP contribution in [0.2, 0.25) is 0 Å². The maximum atomic E-state index is 14.2. The summed E-state index contributed by atoms with van der Waals surface area (Å²) < 4.78 is 14.2. The lowest BCUT2D eigenvalue weighted by Crippen LogP contribution is -2.21. The largest absolute Gasteiger partial charge is 0.310 e. The van der Waals surface area contributed by atoms with Gasteiger partial charge in [0.2, 0.25) is 0 Å². The molecule has 1 heterocycles. The summed E-state index contributed by atoms with van der Waals surface area (Å²) in [6.07, 6.45) is 0.874. The Bertz CT molecular complexity index is 590. The number of aromatic nitrogens is 1. The Balaban J connectivity index is 2.35. The van der Waals surface area contributed by atoms with Crippen molar-refractivity contribution in [3.8, 4) is 10.6 Å². The van der Waals surface area contributed by atoms with Crippen LogP contribution in [0, 0.1) is 12.7 Å². The van der Waals surface area contributed by atoms with Crippen LogP contribution in [0.1, 0.15) is 36.9 Å². The van der Waals surface area contributed by atoms with Gasteiger partial charge in [-0.1, -0.05) is 32.9 Å². The second-order valence-electron chi connectivity index (χ2n) is 5.21. The first kappa shape index (κ1) is 15.1. The van der Waals surface area contributed by atoms with Gasteiger partial charge < -0.3 is 5.32 Å². The highest BCUT2D eigenvalue weighted by molar-refractivity contribution is 7.15. The van der Waals surface area contributed by atoms with E-state index in [0.717, 1.165) is 23.7 Å². The van der Waals surface area contributed by atoms with Gasteiger partial charge in [-0.15, -0.1) is 11.3 Å². The smallest absolute Gasteiger partial charge is 0.136 e. The molecule has 4 heteroatoms. The van der Waals surface area contributed by atoms with Crippen molar-refractivity contribution in [3.63, 3.8) is 0 Å². The van der Waals surface area contributed by atoms with Gasteiger partial charge >= 0.3 is 0 Å². The number of rotatable bonds is 5. The molecule has 1 N–H and O–H groups in total. The summed E-state index contributed by atoms with van der Waals surface area (Å²) in [5.41, 5.74) is 2.34. The van der Waals surface area contributed by atoms with Gasteiger partial charge in [0.05, 0.1) is 5.69 Å². The molecule has 1 aromatic carbocycles. The van der Waals surface area contributed by atoms with Gasteiger partial charge in [0, 0.05) is 23.0 Å². The van der Waals surface area contributed by atoms with Crippen molar-refractivity contribution < 1.29 is 4.39 Å². The van der Waals surface area contributed by atoms with E-state index in [-0.39, 0.29) is 5.82 Å². The lowest BCUT2D eigenvalue weighted by Gasteiger charge is -2.06. The van der Waals surface area contributed by atoms with Crippen LogP contribution in [-0.2, 0) is 13.0 Å². The molecule has 0 saturated heterocycles. The maximum absolute atomic E-state index is 14.2. The molecule has 0 radical (unpaired) electrons. The molecule has 0 saturated carbocycles. The van der Waals surface area contributed by atoms with E-state index in [1.54, 1.807) is 30.4 Å². The highest BCUT2D eigenvalue weighted by atomic mass is 32.1. The zero-order valence-electron chi connectivity index (χ0n) is 12.5. The van der Waals surface area contributed by atoms with Crippen LogP contribution < -0.4 is 5.32 Å². The minimum atomic E-state index is -0.160. The van der Waals surface area contributed by atoms with E-state index in [1.165, 1.54) is 4.88 Å². The highest BCUT2D eigenvalue weighted by Gasteiger charge is 2.15. The summed E-state index contributed by atoms with van der Waals surface area (Å²) in [5, 5.41) is 4.19. The van der Waals surface area contributed by atoms with Crippen LogP contribution in [0.4, 0.5) is 4.39 Å². The number of benzene rings is 1. The lowest BCUT2D eigenvalue weighted by molar-refractivity contribution is 0.590. The molecule has 2 rings (SSSR count). The van der Waals surface area contributed by atoms with Gasteiger partial charge in [-0.25, -0.2) is 9.37 Å². The maximum Gasteiger partial charge on any atom is 0.136 e. The molecule has 1 aromatic heterocycles. The number of nitrogens with one attached hydrogen (secondary N) is 1. The topological polar surface area (TPSA) is 24.9 Å². The van der Waals surface area contributed by atoms with Crippen LogP contribution in [0.15, 0.2) is 18.2 Å². The molecule has 0 fully saturated rings. The van der Waals surface area contributed by atoms with Crippen molar-refractivity contribution >= 4 is 11.3 Å². The minimum Gasteiger partial charge on any atom is -0.310 e. The van der Waals surface area contributed by atoms with Gasteiger partial charge in [0.25, 0.3) is 0 Å². The second kappa shape index (κ2) is 6.46. The third-order valence-electron chi connectivity index (χ3n) is 3.21. The zero-order chi connectivity index (χ0) is 14.7. The first-order valence-corrected chi connectivity index (χ1v) is 7.82. The molecule has 0 amide bonds. The van der Waals surface area contributed by atoms with Crippen LogP contribution in [0.25, 0.3) is 10.6 Å². The molecule has 108 valence electrons. The summed E-state index contributed by atoms with van der Waals surface area (Å²) in [7, 11) is 0. The van der Waals surface area contributed by atoms with Crippen molar-refractivity contribution in [1.82, 2.24) is 10.3 Å². The van der Waals surface area contributed by atoms with Crippen molar-refractivity contribution in [2.45, 2.75) is 46.7 Å². The fourth-order valence-electron chi connectivity index (χ4n) is 2.02. The molecule has 0 aliphatic heterocycles. The van der Waals surface area contributed by atoms with E-state index >= 15 is 0 Å². The SMILES string of the molecule is CCc1nc(-c2cccc(C)c2F)sc1CNC(C)C. The Labute approximate surface area is 124 Å². The van der Waals surface area contributed by atoms with Gasteiger partial charge in [-0.3, -0.25) is 0 Å². The van der Waals surface area contributed by atoms with Gasteiger partial charge in [0.15, 0.2) is 0 Å². The van der Waals surface area contributed by atoms with Crippen LogP contribution in [-0.4, -0.2) is 11.0 Å². The third-order valence-corrected chi connectivity index (χ3v) is 4.34. The number of nitrogens with zero attached hydrogens (tertiary/aromatic N) is 1. The molecule has 0 unspecified atom stereocenters. The quantitative estimate of drug-likeness (QED) is 0.888. The Morgan fingerprint density at radius 3 is 2.75 bits per heavy atom. The van der Waals surface area contributed by atoms with Crippen LogP contribution in [0.5, 0.6) is 0 Å². The summed E-state index contributed by atoms with van der Waals surface area (Å²) in [6, 6.07) is 5.91. The number of hydrogen-bond donors (Lipinski definition) is 1. The molecule has 0 aliphatic carbocycles. The van der Waals surface area contributed by atoms with Gasteiger partial charge in [-0.2, -0.15) is 0 Å². The second-order valence-corrected chi connectivity index (χ2v) is 6.30. The molecule has 0 atom stereocenters. The Morgan fingerprint density at radius 2 is 2.10 bits per heavy atom. The first-order valence-electron chi connectivity index (χ1n) is 7.00. The predicted molar refractivity (Wildman–Crippen MR) is 83.6 cm³/mol. The average Bonchev–Trinajstić information content (AvgIpc) is 2.82. The molecule has 2 aromatic rings. The summed E-state index contributed by atoms with van der Waals surface area (Å²) in [4.78, 5) is 5.82. The highest BCUT2D eigenvalue weighted by Crippen LogP contribution is 2.31. The van der Waals surface area contributed by atoms with E-state index in [9.17, 15) is 4.39 Å². The number of hydrogen-bond acceptors (Lipinski definition) is 3. The summed E-state index contributed by atoms with van der Waals surface area (Å²) in [5.74, 6) is -0.160. The number of thiazole rings is 1. The van der Waals surface area contributed by atoms with Crippen molar-refractivity contribution in [2.75, 3.05) is 0 Å². The van der Waals surface area contributed by atoms with Crippen molar-refractivity contribution in [2.24, 2.45) is 0 Å². The van der Waals surface area contributed by atoms with Gasteiger partial charge in [0.1, 0.15) is 10.8 Å². The predicted octanol–water partition coefficient (Wildman–Crippen LogP) is 4.32. The molecular formula is C16H21FN2S. The van der Waals surface area contributed by atoms with E-state index in [4.69, 9.17) is 0 Å². The van der Waals surface area contributed by atoms with E-state index in [0.29, 0.717) is 17.2 Å². The Morgan fingerprint density at radius 1 is 1.35 bits per heavy atom. The van der Waals surface area contributed by atoms with Crippen molar-refractivity contribution in [3.05, 3.63) is 40.2 Å². The fourth-order valence-corrected chi connectivity index (χ4v) is 3.14. The lowest BCUT2D eigenvalue weighted by atomic mass is 10.1. The van der Waals surface area contributed by atoms with E-state index < -0.39 is 0 Å². The molecule has 0 aliphatic rings. The molecular weight excluding hydrogens is 271 g/mol. The molecule has 0 bridgehead atoms. The normalized spacial score (nSPS) is 11.3. The van der Waals surface area contributed by atoms with Crippen LogP contribution in [0.3, 0.4) is 0 Å². The van der Waals surface area contributed by atoms with E-state index in [2.05, 4.69) is 31.1 Å². The number of halogens is 1.